The van der Waals surface area contributed by atoms with Gasteiger partial charge in [-0.3, -0.25) is 9.59 Å². The number of benzene rings is 1. The minimum atomic E-state index is -0.0574. The van der Waals surface area contributed by atoms with Crippen molar-refractivity contribution in [3.05, 3.63) is 34.9 Å². The molecule has 5 rings (SSSR count). The van der Waals surface area contributed by atoms with Crippen molar-refractivity contribution in [3.8, 4) is 0 Å². The van der Waals surface area contributed by atoms with Gasteiger partial charge in [-0.15, -0.1) is 0 Å². The quantitative estimate of drug-likeness (QED) is 0.745. The van der Waals surface area contributed by atoms with E-state index in [1.807, 2.05) is 4.90 Å². The van der Waals surface area contributed by atoms with Crippen LogP contribution in [0.15, 0.2) is 18.2 Å². The molecule has 0 spiro atoms. The molecule has 4 aliphatic rings. The predicted molar refractivity (Wildman–Crippen MR) is 116 cm³/mol. The van der Waals surface area contributed by atoms with Crippen molar-refractivity contribution in [2.45, 2.75) is 70.6 Å². The summed E-state index contributed by atoms with van der Waals surface area (Å²) < 4.78 is 5.36. The minimum Gasteiger partial charge on any atom is -0.378 e. The molecule has 0 unspecified atom stereocenters. The number of carbonyl (C=O) groups is 2. The molecule has 1 amide bonds. The number of amides is 1. The Morgan fingerprint density at radius 1 is 1.17 bits per heavy atom. The van der Waals surface area contributed by atoms with E-state index in [0.29, 0.717) is 43.2 Å². The summed E-state index contributed by atoms with van der Waals surface area (Å²) in [5.41, 5.74) is 4.53. The van der Waals surface area contributed by atoms with Crippen molar-refractivity contribution in [2.24, 2.45) is 17.3 Å². The molecule has 3 fully saturated rings. The molecule has 1 aliphatic heterocycles. The first kappa shape index (κ1) is 20.2. The molecule has 162 valence electrons. The average molecular weight is 410 g/mol. The second kappa shape index (κ2) is 8.11. The molecule has 0 radical (unpaired) electrons. The third kappa shape index (κ3) is 3.41. The van der Waals surface area contributed by atoms with Crippen molar-refractivity contribution in [3.63, 3.8) is 0 Å². The summed E-state index contributed by atoms with van der Waals surface area (Å²) in [6.45, 7) is 5.07. The van der Waals surface area contributed by atoms with E-state index in [2.05, 4.69) is 25.1 Å². The fourth-order valence-electron chi connectivity index (χ4n) is 7.12. The van der Waals surface area contributed by atoms with Gasteiger partial charge in [-0.1, -0.05) is 25.1 Å². The molecule has 1 aromatic rings. The topological polar surface area (TPSA) is 46.6 Å². The molecular weight excluding hydrogens is 374 g/mol. The van der Waals surface area contributed by atoms with Crippen molar-refractivity contribution in [1.29, 1.82) is 0 Å². The number of ketones is 1. The van der Waals surface area contributed by atoms with E-state index >= 15 is 0 Å². The number of carbonyl (C=O) groups excluding carboxylic acids is 2. The number of hydrogen-bond donors (Lipinski definition) is 0. The standard InChI is InChI=1S/C26H35NO3/c1-26-13-12-21-20(22(26)10-11-23(26)28)9-8-19-5-2-4-18(25(19)21)6-3-7-24(29)27-14-16-30-17-15-27/h2,4-5,20-22H,3,6-17H2,1H3/t20-,21+,22+,26+/m1/s1. The van der Waals surface area contributed by atoms with Crippen molar-refractivity contribution in [1.82, 2.24) is 4.90 Å². The van der Waals surface area contributed by atoms with Crippen LogP contribution in [0.5, 0.6) is 0 Å². The van der Waals surface area contributed by atoms with Gasteiger partial charge in [-0.05, 0) is 79.4 Å². The highest BCUT2D eigenvalue weighted by molar-refractivity contribution is 5.87. The summed E-state index contributed by atoms with van der Waals surface area (Å²) in [6, 6.07) is 6.83. The van der Waals surface area contributed by atoms with Gasteiger partial charge >= 0.3 is 0 Å². The molecule has 3 aliphatic carbocycles. The number of fused-ring (bicyclic) bond motifs is 5. The predicted octanol–water partition coefficient (Wildman–Crippen LogP) is 4.29. The largest absolute Gasteiger partial charge is 0.378 e. The molecular formula is C26H35NO3. The second-order valence-corrected chi connectivity index (χ2v) is 10.2. The first-order valence-corrected chi connectivity index (χ1v) is 12.1. The zero-order valence-electron chi connectivity index (χ0n) is 18.3. The third-order valence-corrected chi connectivity index (χ3v) is 8.75. The Bertz CT molecular complexity index is 828. The van der Waals surface area contributed by atoms with E-state index in [1.54, 1.807) is 5.56 Å². The van der Waals surface area contributed by atoms with Gasteiger partial charge in [-0.2, -0.15) is 0 Å². The lowest BCUT2D eigenvalue weighted by molar-refractivity contribution is -0.135. The van der Waals surface area contributed by atoms with Crippen molar-refractivity contribution in [2.75, 3.05) is 26.3 Å². The van der Waals surface area contributed by atoms with Crippen LogP contribution in [-0.4, -0.2) is 42.9 Å². The van der Waals surface area contributed by atoms with Crippen LogP contribution in [0.4, 0.5) is 0 Å². The van der Waals surface area contributed by atoms with Gasteiger partial charge in [0.05, 0.1) is 13.2 Å². The maximum absolute atomic E-state index is 12.6. The fraction of sp³-hybridized carbons (Fsp3) is 0.692. The van der Waals surface area contributed by atoms with Crippen molar-refractivity contribution < 1.29 is 14.3 Å². The summed E-state index contributed by atoms with van der Waals surface area (Å²) >= 11 is 0. The molecule has 2 saturated carbocycles. The summed E-state index contributed by atoms with van der Waals surface area (Å²) in [5.74, 6) is 2.65. The number of ether oxygens (including phenoxy) is 1. The van der Waals surface area contributed by atoms with Crippen LogP contribution in [0.1, 0.15) is 74.5 Å². The molecule has 4 nitrogen and oxygen atoms in total. The van der Waals surface area contributed by atoms with Crippen LogP contribution in [0.2, 0.25) is 0 Å². The monoisotopic (exact) mass is 409 g/mol. The van der Waals surface area contributed by atoms with Gasteiger partial charge in [0.15, 0.2) is 0 Å². The highest BCUT2D eigenvalue weighted by Gasteiger charge is 2.54. The van der Waals surface area contributed by atoms with Gasteiger partial charge in [0.2, 0.25) is 5.91 Å². The Hall–Kier alpha value is -1.68. The third-order valence-electron chi connectivity index (χ3n) is 8.75. The molecule has 4 atom stereocenters. The minimum absolute atomic E-state index is 0.0574. The van der Waals surface area contributed by atoms with E-state index in [1.165, 1.54) is 17.5 Å². The lowest BCUT2D eigenvalue weighted by Gasteiger charge is -2.48. The van der Waals surface area contributed by atoms with Gasteiger partial charge in [0, 0.05) is 31.3 Å². The Morgan fingerprint density at radius 3 is 2.83 bits per heavy atom. The summed E-state index contributed by atoms with van der Waals surface area (Å²) in [5, 5.41) is 0. The normalized spacial score (nSPS) is 33.0. The van der Waals surface area contributed by atoms with E-state index in [4.69, 9.17) is 4.74 Å². The average Bonchev–Trinajstić information content (AvgIpc) is 3.08. The van der Waals surface area contributed by atoms with Crippen LogP contribution >= 0.6 is 0 Å². The van der Waals surface area contributed by atoms with Crippen LogP contribution in [0.3, 0.4) is 0 Å². The molecule has 1 aromatic carbocycles. The number of rotatable bonds is 4. The molecule has 4 heteroatoms. The Morgan fingerprint density at radius 2 is 2.00 bits per heavy atom. The highest BCUT2D eigenvalue weighted by Crippen LogP contribution is 2.59. The number of Topliss-reactive ketones (excluding diaryl/α,β-unsaturated/α-hetero) is 1. The SMILES string of the molecule is C[C@]12CC[C@@H]3c4c(CCCC(=O)N5CCOCC5)cccc4CC[C@H]3[C@@H]1CCC2=O. The maximum Gasteiger partial charge on any atom is 0.222 e. The second-order valence-electron chi connectivity index (χ2n) is 10.2. The Kier molecular flexibility index (Phi) is 5.47. The van der Waals surface area contributed by atoms with Gasteiger partial charge in [-0.25, -0.2) is 0 Å². The summed E-state index contributed by atoms with van der Waals surface area (Å²) in [6.07, 6.45) is 9.04. The molecule has 0 aromatic heterocycles. The van der Waals surface area contributed by atoms with Gasteiger partial charge < -0.3 is 9.64 Å². The van der Waals surface area contributed by atoms with Gasteiger partial charge in [0.25, 0.3) is 0 Å². The maximum atomic E-state index is 12.6. The van der Waals surface area contributed by atoms with Crippen LogP contribution in [0.25, 0.3) is 0 Å². The first-order valence-electron chi connectivity index (χ1n) is 12.1. The smallest absolute Gasteiger partial charge is 0.222 e. The number of hydrogen-bond acceptors (Lipinski definition) is 3. The zero-order valence-corrected chi connectivity index (χ0v) is 18.3. The van der Waals surface area contributed by atoms with Gasteiger partial charge in [0.1, 0.15) is 5.78 Å². The Labute approximate surface area is 180 Å². The van der Waals surface area contributed by atoms with Crippen LogP contribution in [0, 0.1) is 17.3 Å². The molecule has 1 heterocycles. The summed E-state index contributed by atoms with van der Waals surface area (Å²) in [7, 11) is 0. The van der Waals surface area contributed by atoms with Crippen LogP contribution < -0.4 is 0 Å². The molecule has 30 heavy (non-hydrogen) atoms. The fourth-order valence-corrected chi connectivity index (χ4v) is 7.12. The molecule has 0 bridgehead atoms. The lowest BCUT2D eigenvalue weighted by Crippen LogP contribution is -2.42. The first-order chi connectivity index (χ1) is 14.6. The number of nitrogens with zero attached hydrogens (tertiary/aromatic N) is 1. The van der Waals surface area contributed by atoms with E-state index in [9.17, 15) is 9.59 Å². The van der Waals surface area contributed by atoms with E-state index in [-0.39, 0.29) is 11.3 Å². The Balaban J connectivity index is 1.30. The highest BCUT2D eigenvalue weighted by atomic mass is 16.5. The van der Waals surface area contributed by atoms with Crippen LogP contribution in [-0.2, 0) is 27.2 Å². The molecule has 0 N–H and O–H groups in total. The lowest BCUT2D eigenvalue weighted by atomic mass is 9.55. The molecule has 1 saturated heterocycles. The number of morpholine rings is 1. The summed E-state index contributed by atoms with van der Waals surface area (Å²) in [4.78, 5) is 27.1. The number of aryl methyl sites for hydroxylation is 2. The zero-order chi connectivity index (χ0) is 20.7. The van der Waals surface area contributed by atoms with E-state index < -0.39 is 0 Å². The van der Waals surface area contributed by atoms with Crippen molar-refractivity contribution >= 4 is 11.7 Å². The van der Waals surface area contributed by atoms with E-state index in [0.717, 1.165) is 58.0 Å².